The molecule has 0 unspecified atom stereocenters. The molecule has 2 aliphatic heterocycles. The van der Waals surface area contributed by atoms with E-state index in [1.807, 2.05) is 0 Å². The third kappa shape index (κ3) is 1.48. The number of hydrogen-bond acceptors (Lipinski definition) is 4. The minimum Gasteiger partial charge on any atom is -0.469 e. The predicted octanol–water partition coefficient (Wildman–Crippen LogP) is -1.12. The molecule has 0 bridgehead atoms. The first-order valence-electron chi connectivity index (χ1n) is 4.81. The average molecular weight is 198 g/mol. The summed E-state index contributed by atoms with van der Waals surface area (Å²) in [7, 11) is 1.40. The summed E-state index contributed by atoms with van der Waals surface area (Å²) in [6.07, 6.45) is 0.739. The Balaban J connectivity index is 1.99. The smallest absolute Gasteiger partial charge is 0.309 e. The molecule has 0 aromatic rings. The van der Waals surface area contributed by atoms with Gasteiger partial charge in [-0.05, 0) is 6.42 Å². The van der Waals surface area contributed by atoms with E-state index in [0.29, 0.717) is 13.1 Å². The maximum atomic E-state index is 11.3. The molecule has 2 fully saturated rings. The molecule has 2 rings (SSSR count). The van der Waals surface area contributed by atoms with Crippen molar-refractivity contribution in [2.24, 2.45) is 11.8 Å². The number of carbonyl (C=O) groups excluding carboxylic acids is 2. The minimum atomic E-state index is -0.185. The fourth-order valence-electron chi connectivity index (χ4n) is 2.22. The highest BCUT2D eigenvalue weighted by atomic mass is 16.5. The number of carbonyl (C=O) groups is 2. The number of methoxy groups -OCH3 is 1. The van der Waals surface area contributed by atoms with Gasteiger partial charge in [0.25, 0.3) is 0 Å². The van der Waals surface area contributed by atoms with Crippen molar-refractivity contribution in [1.82, 2.24) is 10.6 Å². The fraction of sp³-hybridized carbons (Fsp3) is 0.778. The maximum Gasteiger partial charge on any atom is 0.309 e. The lowest BCUT2D eigenvalue weighted by Crippen LogP contribution is -2.49. The zero-order chi connectivity index (χ0) is 10.1. The average Bonchev–Trinajstić information content (AvgIpc) is 2.59. The summed E-state index contributed by atoms with van der Waals surface area (Å²) in [6.45, 7) is 1.21. The number of ether oxygens (including phenoxy) is 1. The van der Waals surface area contributed by atoms with E-state index in [1.165, 1.54) is 7.11 Å². The summed E-state index contributed by atoms with van der Waals surface area (Å²) in [5, 5.41) is 5.87. The molecule has 0 aromatic heterocycles. The molecule has 78 valence electrons. The van der Waals surface area contributed by atoms with E-state index in [4.69, 9.17) is 0 Å². The molecule has 0 saturated carbocycles. The van der Waals surface area contributed by atoms with E-state index in [2.05, 4.69) is 15.4 Å². The molecule has 2 aliphatic rings. The predicted molar refractivity (Wildman–Crippen MR) is 48.4 cm³/mol. The van der Waals surface area contributed by atoms with Crippen LogP contribution in [0, 0.1) is 11.8 Å². The maximum absolute atomic E-state index is 11.3. The summed E-state index contributed by atoms with van der Waals surface area (Å²) in [5.74, 6) is 0.00270. The molecule has 14 heavy (non-hydrogen) atoms. The Kier molecular flexibility index (Phi) is 2.41. The third-order valence-corrected chi connectivity index (χ3v) is 3.00. The van der Waals surface area contributed by atoms with Crippen LogP contribution in [0.3, 0.4) is 0 Å². The topological polar surface area (TPSA) is 67.4 Å². The number of esters is 1. The standard InChI is InChI=1S/C9H14N2O3/c1-14-9(13)6-2-5-3-11-8(12)7(5)10-4-6/h5-7,10H,2-4H2,1H3,(H,11,12)/t5-,6-,7+/m0/s1. The second-order valence-corrected chi connectivity index (χ2v) is 3.85. The van der Waals surface area contributed by atoms with Gasteiger partial charge in [-0.2, -0.15) is 0 Å². The SMILES string of the molecule is COC(=O)[C@@H]1CN[C@H]2C(=O)NC[C@@H]2C1. The summed E-state index contributed by atoms with van der Waals surface area (Å²) in [5.41, 5.74) is 0. The van der Waals surface area contributed by atoms with Gasteiger partial charge in [0.15, 0.2) is 0 Å². The largest absolute Gasteiger partial charge is 0.469 e. The fourth-order valence-corrected chi connectivity index (χ4v) is 2.22. The zero-order valence-electron chi connectivity index (χ0n) is 8.08. The molecule has 0 aliphatic carbocycles. The van der Waals surface area contributed by atoms with Gasteiger partial charge in [-0.25, -0.2) is 0 Å². The molecule has 0 radical (unpaired) electrons. The Labute approximate surface area is 82.2 Å². The van der Waals surface area contributed by atoms with Crippen LogP contribution in [-0.4, -0.2) is 38.1 Å². The number of hydrogen-bond donors (Lipinski definition) is 2. The van der Waals surface area contributed by atoms with E-state index >= 15 is 0 Å². The number of rotatable bonds is 1. The highest BCUT2D eigenvalue weighted by molar-refractivity contribution is 5.85. The van der Waals surface area contributed by atoms with Gasteiger partial charge in [-0.3, -0.25) is 9.59 Å². The van der Waals surface area contributed by atoms with Crippen molar-refractivity contribution in [3.63, 3.8) is 0 Å². The van der Waals surface area contributed by atoms with E-state index in [-0.39, 0.29) is 29.8 Å². The van der Waals surface area contributed by atoms with E-state index in [9.17, 15) is 9.59 Å². The normalized spacial score (nSPS) is 36.1. The van der Waals surface area contributed by atoms with Crippen LogP contribution in [0.5, 0.6) is 0 Å². The van der Waals surface area contributed by atoms with Gasteiger partial charge < -0.3 is 15.4 Å². The van der Waals surface area contributed by atoms with Crippen LogP contribution in [0.15, 0.2) is 0 Å². The van der Waals surface area contributed by atoms with Gasteiger partial charge in [0.2, 0.25) is 5.91 Å². The van der Waals surface area contributed by atoms with Crippen LogP contribution in [-0.2, 0) is 14.3 Å². The molecule has 2 N–H and O–H groups in total. The molecule has 5 heteroatoms. The van der Waals surface area contributed by atoms with Gasteiger partial charge >= 0.3 is 5.97 Å². The molecule has 1 amide bonds. The zero-order valence-corrected chi connectivity index (χ0v) is 8.08. The van der Waals surface area contributed by atoms with Gasteiger partial charge in [0.05, 0.1) is 19.1 Å². The van der Waals surface area contributed by atoms with Gasteiger partial charge in [-0.15, -0.1) is 0 Å². The Hall–Kier alpha value is -1.10. The molecular weight excluding hydrogens is 184 g/mol. The second-order valence-electron chi connectivity index (χ2n) is 3.85. The van der Waals surface area contributed by atoms with Crippen molar-refractivity contribution >= 4 is 11.9 Å². The highest BCUT2D eigenvalue weighted by Gasteiger charge is 2.41. The van der Waals surface area contributed by atoms with Crippen LogP contribution in [0.1, 0.15) is 6.42 Å². The van der Waals surface area contributed by atoms with Crippen LogP contribution in [0.2, 0.25) is 0 Å². The monoisotopic (exact) mass is 198 g/mol. The van der Waals surface area contributed by atoms with Crippen LogP contribution < -0.4 is 10.6 Å². The van der Waals surface area contributed by atoms with Crippen molar-refractivity contribution < 1.29 is 14.3 Å². The lowest BCUT2D eigenvalue weighted by atomic mass is 9.86. The van der Waals surface area contributed by atoms with Crippen molar-refractivity contribution in [2.45, 2.75) is 12.5 Å². The number of fused-ring (bicyclic) bond motifs is 1. The van der Waals surface area contributed by atoms with E-state index < -0.39 is 0 Å². The first kappa shape index (κ1) is 9.45. The van der Waals surface area contributed by atoms with Crippen molar-refractivity contribution in [3.8, 4) is 0 Å². The molecule has 2 heterocycles. The molecule has 0 spiro atoms. The van der Waals surface area contributed by atoms with Gasteiger partial charge in [-0.1, -0.05) is 0 Å². The van der Waals surface area contributed by atoms with E-state index in [0.717, 1.165) is 6.42 Å². The third-order valence-electron chi connectivity index (χ3n) is 3.00. The Bertz CT molecular complexity index is 267. The Morgan fingerprint density at radius 3 is 3.00 bits per heavy atom. The summed E-state index contributed by atoms with van der Waals surface area (Å²) >= 11 is 0. The van der Waals surface area contributed by atoms with Gasteiger partial charge in [0.1, 0.15) is 0 Å². The number of piperidine rings is 1. The summed E-state index contributed by atoms with van der Waals surface area (Å²) < 4.78 is 4.68. The molecule has 0 aromatic carbocycles. The first-order valence-corrected chi connectivity index (χ1v) is 4.81. The van der Waals surface area contributed by atoms with E-state index in [1.54, 1.807) is 0 Å². The number of nitrogens with one attached hydrogen (secondary N) is 2. The summed E-state index contributed by atoms with van der Waals surface area (Å²) in [6, 6.07) is -0.101. The Morgan fingerprint density at radius 2 is 2.29 bits per heavy atom. The Morgan fingerprint density at radius 1 is 1.50 bits per heavy atom. The van der Waals surface area contributed by atoms with Crippen molar-refractivity contribution in [1.29, 1.82) is 0 Å². The lowest BCUT2D eigenvalue weighted by Gasteiger charge is -2.29. The summed E-state index contributed by atoms with van der Waals surface area (Å²) in [4.78, 5) is 22.5. The lowest BCUT2D eigenvalue weighted by molar-refractivity contribution is -0.147. The second kappa shape index (κ2) is 3.57. The van der Waals surface area contributed by atoms with Crippen molar-refractivity contribution in [3.05, 3.63) is 0 Å². The molecule has 5 nitrogen and oxygen atoms in total. The van der Waals surface area contributed by atoms with Crippen molar-refractivity contribution in [2.75, 3.05) is 20.2 Å². The molecule has 3 atom stereocenters. The highest BCUT2D eigenvalue weighted by Crippen LogP contribution is 2.24. The number of amides is 1. The molecular formula is C9H14N2O3. The molecule has 2 saturated heterocycles. The van der Waals surface area contributed by atoms with Crippen LogP contribution >= 0.6 is 0 Å². The van der Waals surface area contributed by atoms with Crippen LogP contribution in [0.4, 0.5) is 0 Å². The van der Waals surface area contributed by atoms with Gasteiger partial charge in [0, 0.05) is 19.0 Å². The first-order chi connectivity index (χ1) is 6.72. The quantitative estimate of drug-likeness (QED) is 0.524. The minimum absolute atomic E-state index is 0.0540. The van der Waals surface area contributed by atoms with Crippen LogP contribution in [0.25, 0.3) is 0 Å².